The van der Waals surface area contributed by atoms with Crippen molar-refractivity contribution in [2.75, 3.05) is 0 Å². The van der Waals surface area contributed by atoms with E-state index in [1.165, 1.54) is 11.1 Å². The van der Waals surface area contributed by atoms with Crippen LogP contribution in [0.15, 0.2) is 42.5 Å². The van der Waals surface area contributed by atoms with Crippen molar-refractivity contribution < 1.29 is 0 Å². The normalized spacial score (nSPS) is 12.4. The highest BCUT2D eigenvalue weighted by molar-refractivity contribution is 6.31. The summed E-state index contributed by atoms with van der Waals surface area (Å²) in [4.78, 5) is 0. The second-order valence-corrected chi connectivity index (χ2v) is 5.54. The summed E-state index contributed by atoms with van der Waals surface area (Å²) in [6.45, 7) is 4.99. The van der Waals surface area contributed by atoms with Crippen molar-refractivity contribution in [3.8, 4) is 0 Å². The zero-order valence-electron chi connectivity index (χ0n) is 11.1. The van der Waals surface area contributed by atoms with Crippen molar-refractivity contribution in [2.24, 2.45) is 0 Å². The minimum Gasteiger partial charge on any atom is -0.306 e. The molecular formula is C16H17Cl2N. The first-order chi connectivity index (χ1) is 9.08. The van der Waals surface area contributed by atoms with Crippen LogP contribution in [0, 0.1) is 6.92 Å². The molecule has 0 aromatic heterocycles. The quantitative estimate of drug-likeness (QED) is 0.822. The van der Waals surface area contributed by atoms with Crippen molar-refractivity contribution in [2.45, 2.75) is 26.4 Å². The number of aryl methyl sites for hydroxylation is 1. The number of nitrogens with one attached hydrogen (secondary N) is 1. The minimum absolute atomic E-state index is 0.212. The lowest BCUT2D eigenvalue weighted by Gasteiger charge is -2.16. The number of rotatable bonds is 4. The van der Waals surface area contributed by atoms with E-state index >= 15 is 0 Å². The molecular weight excluding hydrogens is 277 g/mol. The fourth-order valence-electron chi connectivity index (χ4n) is 2.06. The second-order valence-electron chi connectivity index (χ2n) is 4.69. The van der Waals surface area contributed by atoms with Crippen LogP contribution in [0.3, 0.4) is 0 Å². The minimum atomic E-state index is 0.212. The lowest BCUT2D eigenvalue weighted by atomic mass is 10.1. The zero-order chi connectivity index (χ0) is 13.8. The summed E-state index contributed by atoms with van der Waals surface area (Å²) in [6.07, 6.45) is 0. The maximum atomic E-state index is 6.20. The molecule has 0 aliphatic carbocycles. The molecule has 1 atom stereocenters. The second kappa shape index (κ2) is 6.42. The van der Waals surface area contributed by atoms with Gasteiger partial charge in [-0.05, 0) is 48.7 Å². The van der Waals surface area contributed by atoms with E-state index in [1.807, 2.05) is 30.3 Å². The highest BCUT2D eigenvalue weighted by Crippen LogP contribution is 2.23. The summed E-state index contributed by atoms with van der Waals surface area (Å²) >= 11 is 12.2. The zero-order valence-corrected chi connectivity index (χ0v) is 12.6. The molecule has 100 valence electrons. The molecule has 1 N–H and O–H groups in total. The molecule has 0 amide bonds. The van der Waals surface area contributed by atoms with Gasteiger partial charge in [-0.25, -0.2) is 0 Å². The van der Waals surface area contributed by atoms with E-state index in [0.717, 1.165) is 22.2 Å². The molecule has 0 aliphatic heterocycles. The largest absolute Gasteiger partial charge is 0.306 e. The number of hydrogen-bond acceptors (Lipinski definition) is 1. The number of halogens is 2. The Morgan fingerprint density at radius 1 is 1.11 bits per heavy atom. The first kappa shape index (κ1) is 14.4. The molecule has 19 heavy (non-hydrogen) atoms. The Hall–Kier alpha value is -1.02. The van der Waals surface area contributed by atoms with Gasteiger partial charge in [-0.1, -0.05) is 47.5 Å². The van der Waals surface area contributed by atoms with Crippen LogP contribution in [-0.4, -0.2) is 0 Å². The Morgan fingerprint density at radius 3 is 2.53 bits per heavy atom. The molecule has 1 unspecified atom stereocenters. The van der Waals surface area contributed by atoms with Crippen LogP contribution in [0.2, 0.25) is 10.0 Å². The highest BCUT2D eigenvalue weighted by Gasteiger charge is 2.09. The molecule has 2 aromatic carbocycles. The van der Waals surface area contributed by atoms with Gasteiger partial charge < -0.3 is 5.32 Å². The number of benzene rings is 2. The molecule has 0 radical (unpaired) electrons. The fraction of sp³-hybridized carbons (Fsp3) is 0.250. The first-order valence-corrected chi connectivity index (χ1v) is 7.06. The van der Waals surface area contributed by atoms with Gasteiger partial charge in [0.25, 0.3) is 0 Å². The molecule has 0 spiro atoms. The van der Waals surface area contributed by atoms with Crippen LogP contribution in [-0.2, 0) is 6.54 Å². The third-order valence-electron chi connectivity index (χ3n) is 3.28. The van der Waals surface area contributed by atoms with E-state index in [4.69, 9.17) is 23.2 Å². The maximum absolute atomic E-state index is 6.20. The van der Waals surface area contributed by atoms with Gasteiger partial charge in [-0.2, -0.15) is 0 Å². The Kier molecular flexibility index (Phi) is 4.87. The van der Waals surface area contributed by atoms with Crippen molar-refractivity contribution in [3.63, 3.8) is 0 Å². The van der Waals surface area contributed by atoms with Crippen molar-refractivity contribution in [1.82, 2.24) is 5.32 Å². The van der Waals surface area contributed by atoms with Gasteiger partial charge in [0.2, 0.25) is 0 Å². The standard InChI is InChI=1S/C16H17Cl2N/c1-11-9-14(17)8-7-13(11)10-19-12(2)15-5-3-4-6-16(15)18/h3-9,12,19H,10H2,1-2H3. The smallest absolute Gasteiger partial charge is 0.0453 e. The Labute approximate surface area is 124 Å². The van der Waals surface area contributed by atoms with Crippen LogP contribution in [0.1, 0.15) is 29.7 Å². The molecule has 0 aliphatic rings. The molecule has 0 bridgehead atoms. The summed E-state index contributed by atoms with van der Waals surface area (Å²) in [7, 11) is 0. The van der Waals surface area contributed by atoms with Crippen LogP contribution in [0.5, 0.6) is 0 Å². The van der Waals surface area contributed by atoms with Gasteiger partial charge >= 0.3 is 0 Å². The predicted octanol–water partition coefficient (Wildman–Crippen LogP) is 5.15. The van der Waals surface area contributed by atoms with Gasteiger partial charge in [0.05, 0.1) is 0 Å². The Morgan fingerprint density at radius 2 is 1.84 bits per heavy atom. The third kappa shape index (κ3) is 3.73. The fourth-order valence-corrected chi connectivity index (χ4v) is 2.58. The van der Waals surface area contributed by atoms with Crippen LogP contribution < -0.4 is 5.32 Å². The highest BCUT2D eigenvalue weighted by atomic mass is 35.5. The SMILES string of the molecule is Cc1cc(Cl)ccc1CNC(C)c1ccccc1Cl. The van der Waals surface area contributed by atoms with E-state index in [0.29, 0.717) is 0 Å². The summed E-state index contributed by atoms with van der Waals surface area (Å²) in [5.41, 5.74) is 3.57. The van der Waals surface area contributed by atoms with E-state index in [9.17, 15) is 0 Å². The van der Waals surface area contributed by atoms with E-state index in [1.54, 1.807) is 0 Å². The van der Waals surface area contributed by atoms with Gasteiger partial charge in [-0.15, -0.1) is 0 Å². The summed E-state index contributed by atoms with van der Waals surface area (Å²) in [6, 6.07) is 14.1. The molecule has 0 heterocycles. The lowest BCUT2D eigenvalue weighted by Crippen LogP contribution is -2.18. The molecule has 0 saturated heterocycles. The van der Waals surface area contributed by atoms with Gasteiger partial charge in [0, 0.05) is 22.6 Å². The summed E-state index contributed by atoms with van der Waals surface area (Å²) in [5.74, 6) is 0. The molecule has 2 aromatic rings. The third-order valence-corrected chi connectivity index (χ3v) is 3.85. The molecule has 1 nitrogen and oxygen atoms in total. The molecule has 0 fully saturated rings. The molecule has 0 saturated carbocycles. The summed E-state index contributed by atoms with van der Waals surface area (Å²) in [5, 5.41) is 5.07. The average molecular weight is 294 g/mol. The lowest BCUT2D eigenvalue weighted by molar-refractivity contribution is 0.573. The van der Waals surface area contributed by atoms with Gasteiger partial charge in [-0.3, -0.25) is 0 Å². The van der Waals surface area contributed by atoms with Gasteiger partial charge in [0.15, 0.2) is 0 Å². The van der Waals surface area contributed by atoms with Crippen LogP contribution in [0.25, 0.3) is 0 Å². The first-order valence-electron chi connectivity index (χ1n) is 6.31. The van der Waals surface area contributed by atoms with Crippen LogP contribution in [0.4, 0.5) is 0 Å². The monoisotopic (exact) mass is 293 g/mol. The topological polar surface area (TPSA) is 12.0 Å². The molecule has 3 heteroatoms. The van der Waals surface area contributed by atoms with E-state index in [-0.39, 0.29) is 6.04 Å². The predicted molar refractivity (Wildman–Crippen MR) is 82.9 cm³/mol. The van der Waals surface area contributed by atoms with Crippen LogP contribution >= 0.6 is 23.2 Å². The average Bonchev–Trinajstić information content (AvgIpc) is 2.38. The van der Waals surface area contributed by atoms with Crippen molar-refractivity contribution >= 4 is 23.2 Å². The van der Waals surface area contributed by atoms with E-state index < -0.39 is 0 Å². The summed E-state index contributed by atoms with van der Waals surface area (Å²) < 4.78 is 0. The maximum Gasteiger partial charge on any atom is 0.0453 e. The Balaban J connectivity index is 2.04. The molecule has 2 rings (SSSR count). The number of hydrogen-bond donors (Lipinski definition) is 1. The van der Waals surface area contributed by atoms with Gasteiger partial charge in [0.1, 0.15) is 0 Å². The Bertz CT molecular complexity index is 566. The van der Waals surface area contributed by atoms with E-state index in [2.05, 4.69) is 31.3 Å². The van der Waals surface area contributed by atoms with Crippen molar-refractivity contribution in [1.29, 1.82) is 0 Å². The van der Waals surface area contributed by atoms with Crippen molar-refractivity contribution in [3.05, 3.63) is 69.2 Å².